The third kappa shape index (κ3) is 6.04. The van der Waals surface area contributed by atoms with Crippen molar-refractivity contribution >= 4 is 23.3 Å². The van der Waals surface area contributed by atoms with Crippen molar-refractivity contribution in [1.82, 2.24) is 0 Å². The Hall–Kier alpha value is -3.49. The maximum absolute atomic E-state index is 13.6. The number of amides is 1. The van der Waals surface area contributed by atoms with Crippen LogP contribution in [-0.4, -0.2) is 30.0 Å². The summed E-state index contributed by atoms with van der Waals surface area (Å²) < 4.78 is 24.0. The first-order chi connectivity index (χ1) is 13.4. The number of nitrogens with zero attached hydrogens (tertiary/aromatic N) is 1. The van der Waals surface area contributed by atoms with Crippen molar-refractivity contribution in [2.24, 2.45) is 0 Å². The Labute approximate surface area is 160 Å². The zero-order valence-corrected chi connectivity index (χ0v) is 15.1. The van der Waals surface area contributed by atoms with Gasteiger partial charge in [-0.05, 0) is 36.8 Å². The molecule has 8 nitrogen and oxygen atoms in total. The first kappa shape index (κ1) is 20.8. The average molecular weight is 390 g/mol. The van der Waals surface area contributed by atoms with Gasteiger partial charge in [-0.2, -0.15) is 0 Å². The van der Waals surface area contributed by atoms with Crippen LogP contribution in [0.5, 0.6) is 5.75 Å². The minimum atomic E-state index is -0.844. The van der Waals surface area contributed by atoms with Crippen molar-refractivity contribution < 1.29 is 28.4 Å². The summed E-state index contributed by atoms with van der Waals surface area (Å²) in [4.78, 5) is 33.8. The summed E-state index contributed by atoms with van der Waals surface area (Å²) in [6.45, 7) is 1.95. The Bertz CT molecular complexity index is 854. The van der Waals surface area contributed by atoms with E-state index >= 15 is 0 Å². The van der Waals surface area contributed by atoms with Gasteiger partial charge in [0.25, 0.3) is 11.6 Å². The molecule has 2 rings (SSSR count). The van der Waals surface area contributed by atoms with Crippen molar-refractivity contribution in [2.75, 3.05) is 18.5 Å². The van der Waals surface area contributed by atoms with Gasteiger partial charge < -0.3 is 14.8 Å². The fourth-order valence-electron chi connectivity index (χ4n) is 2.14. The van der Waals surface area contributed by atoms with Gasteiger partial charge in [0.15, 0.2) is 6.61 Å². The summed E-state index contributed by atoms with van der Waals surface area (Å²) in [5, 5.41) is 12.8. The highest BCUT2D eigenvalue weighted by Crippen LogP contribution is 2.21. The normalized spacial score (nSPS) is 10.2. The van der Waals surface area contributed by atoms with Crippen LogP contribution in [0.3, 0.4) is 0 Å². The molecule has 2 aromatic rings. The molecule has 0 atom stereocenters. The first-order valence-corrected chi connectivity index (χ1v) is 8.54. The highest BCUT2D eigenvalue weighted by Gasteiger charge is 2.15. The van der Waals surface area contributed by atoms with Gasteiger partial charge >= 0.3 is 5.97 Å². The summed E-state index contributed by atoms with van der Waals surface area (Å²) >= 11 is 0. The Balaban J connectivity index is 1.88. The van der Waals surface area contributed by atoms with Crippen LogP contribution >= 0.6 is 0 Å². The number of ether oxygens (including phenoxy) is 2. The number of nitro benzene ring substituents is 1. The van der Waals surface area contributed by atoms with Crippen molar-refractivity contribution in [2.45, 2.75) is 19.8 Å². The maximum Gasteiger partial charge on any atom is 0.338 e. The monoisotopic (exact) mass is 390 g/mol. The third-order valence-electron chi connectivity index (χ3n) is 3.63. The van der Waals surface area contributed by atoms with E-state index in [-0.39, 0.29) is 16.9 Å². The number of anilines is 1. The van der Waals surface area contributed by atoms with Gasteiger partial charge in [-0.15, -0.1) is 0 Å². The second-order valence-corrected chi connectivity index (χ2v) is 5.77. The molecular weight excluding hydrogens is 371 g/mol. The lowest BCUT2D eigenvalue weighted by atomic mass is 10.2. The van der Waals surface area contributed by atoms with E-state index in [1.165, 1.54) is 12.1 Å². The molecule has 0 aromatic heterocycles. The number of nitro groups is 1. The lowest BCUT2D eigenvalue weighted by Gasteiger charge is -2.08. The van der Waals surface area contributed by atoms with Gasteiger partial charge in [-0.25, -0.2) is 9.18 Å². The minimum absolute atomic E-state index is 0.220. The number of unbranched alkanes of at least 4 members (excludes halogenated alkanes) is 1. The standard InChI is InChI=1S/C19H19FN2O6/c1-2-3-10-27-15-7-4-13(5-8-15)19(24)28-12-18(23)21-17-11-14(22(25)26)6-9-16(17)20/h4-9,11H,2-3,10,12H2,1H3,(H,21,23). The molecule has 0 aliphatic rings. The number of carbonyl (C=O) groups is 2. The predicted molar refractivity (Wildman–Crippen MR) is 98.8 cm³/mol. The van der Waals surface area contributed by atoms with Crippen LogP contribution in [0.2, 0.25) is 0 Å². The van der Waals surface area contributed by atoms with E-state index in [1.807, 2.05) is 6.92 Å². The maximum atomic E-state index is 13.6. The van der Waals surface area contributed by atoms with Crippen LogP contribution in [0.1, 0.15) is 30.1 Å². The minimum Gasteiger partial charge on any atom is -0.494 e. The molecule has 148 valence electrons. The molecule has 0 unspecified atom stereocenters. The molecule has 0 bridgehead atoms. The fourth-order valence-corrected chi connectivity index (χ4v) is 2.14. The molecule has 2 aromatic carbocycles. The number of hydrogen-bond acceptors (Lipinski definition) is 6. The quantitative estimate of drug-likeness (QED) is 0.303. The summed E-state index contributed by atoms with van der Waals surface area (Å²) in [6.07, 6.45) is 1.93. The lowest BCUT2D eigenvalue weighted by Crippen LogP contribution is -2.21. The molecule has 9 heteroatoms. The third-order valence-corrected chi connectivity index (χ3v) is 3.63. The van der Waals surface area contributed by atoms with Gasteiger partial charge in [0.2, 0.25) is 0 Å². The molecular formula is C19H19FN2O6. The number of esters is 1. The van der Waals surface area contributed by atoms with E-state index in [0.717, 1.165) is 31.0 Å². The number of non-ortho nitro benzene ring substituents is 1. The zero-order chi connectivity index (χ0) is 20.5. The molecule has 0 aliphatic carbocycles. The van der Waals surface area contributed by atoms with Crippen molar-refractivity contribution in [3.63, 3.8) is 0 Å². The topological polar surface area (TPSA) is 108 Å². The van der Waals surface area contributed by atoms with Gasteiger partial charge in [-0.3, -0.25) is 14.9 Å². The molecule has 0 aliphatic heterocycles. The molecule has 0 spiro atoms. The van der Waals surface area contributed by atoms with E-state index in [1.54, 1.807) is 12.1 Å². The van der Waals surface area contributed by atoms with Gasteiger partial charge in [0.1, 0.15) is 11.6 Å². The predicted octanol–water partition coefficient (Wildman–Crippen LogP) is 3.71. The second kappa shape index (κ2) is 10.0. The van der Waals surface area contributed by atoms with Crippen molar-refractivity contribution in [3.8, 4) is 5.75 Å². The van der Waals surface area contributed by atoms with Crippen molar-refractivity contribution in [1.29, 1.82) is 0 Å². The highest BCUT2D eigenvalue weighted by atomic mass is 19.1. The Morgan fingerprint density at radius 3 is 2.54 bits per heavy atom. The lowest BCUT2D eigenvalue weighted by molar-refractivity contribution is -0.384. The van der Waals surface area contributed by atoms with Crippen molar-refractivity contribution in [3.05, 3.63) is 64.0 Å². The van der Waals surface area contributed by atoms with Crippen LogP contribution in [-0.2, 0) is 9.53 Å². The van der Waals surface area contributed by atoms with E-state index in [9.17, 15) is 24.1 Å². The summed E-state index contributed by atoms with van der Waals surface area (Å²) in [7, 11) is 0. The number of rotatable bonds is 9. The number of benzene rings is 2. The van der Waals surface area contributed by atoms with Crippen LogP contribution < -0.4 is 10.1 Å². The fraction of sp³-hybridized carbons (Fsp3) is 0.263. The first-order valence-electron chi connectivity index (χ1n) is 8.54. The van der Waals surface area contributed by atoms with E-state index in [0.29, 0.717) is 12.4 Å². The second-order valence-electron chi connectivity index (χ2n) is 5.77. The largest absolute Gasteiger partial charge is 0.494 e. The summed E-state index contributed by atoms with van der Waals surface area (Å²) in [6, 6.07) is 8.95. The van der Waals surface area contributed by atoms with Crippen LogP contribution in [0.4, 0.5) is 15.8 Å². The average Bonchev–Trinajstić information content (AvgIpc) is 2.68. The molecule has 0 radical (unpaired) electrons. The number of nitrogens with one attached hydrogen (secondary N) is 1. The van der Waals surface area contributed by atoms with Crippen LogP contribution in [0.25, 0.3) is 0 Å². The zero-order valence-electron chi connectivity index (χ0n) is 15.1. The Morgan fingerprint density at radius 1 is 1.18 bits per heavy atom. The van der Waals surface area contributed by atoms with Crippen LogP contribution in [0, 0.1) is 15.9 Å². The Morgan fingerprint density at radius 2 is 1.89 bits per heavy atom. The number of hydrogen-bond donors (Lipinski definition) is 1. The highest BCUT2D eigenvalue weighted by molar-refractivity contribution is 5.95. The van der Waals surface area contributed by atoms with E-state index in [2.05, 4.69) is 5.32 Å². The Kier molecular flexibility index (Phi) is 7.44. The smallest absolute Gasteiger partial charge is 0.338 e. The molecule has 1 N–H and O–H groups in total. The van der Waals surface area contributed by atoms with Gasteiger partial charge in [-0.1, -0.05) is 13.3 Å². The molecule has 28 heavy (non-hydrogen) atoms. The molecule has 0 saturated heterocycles. The summed E-state index contributed by atoms with van der Waals surface area (Å²) in [5.41, 5.74) is -0.532. The van der Waals surface area contributed by atoms with Gasteiger partial charge in [0, 0.05) is 12.1 Å². The van der Waals surface area contributed by atoms with E-state index in [4.69, 9.17) is 9.47 Å². The molecule has 0 saturated carbocycles. The molecule has 1 amide bonds. The van der Waals surface area contributed by atoms with Crippen LogP contribution in [0.15, 0.2) is 42.5 Å². The van der Waals surface area contributed by atoms with E-state index < -0.39 is 29.2 Å². The number of carbonyl (C=O) groups excluding carboxylic acids is 2. The SMILES string of the molecule is CCCCOc1ccc(C(=O)OCC(=O)Nc2cc([N+](=O)[O-])ccc2F)cc1. The molecule has 0 fully saturated rings. The molecule has 0 heterocycles. The summed E-state index contributed by atoms with van der Waals surface area (Å²) in [5.74, 6) is -1.80. The van der Waals surface area contributed by atoms with Gasteiger partial charge in [0.05, 0.1) is 22.8 Å². The number of halogens is 1.